The molecule has 1 aromatic carbocycles. The average Bonchev–Trinajstić information content (AvgIpc) is 2.43. The van der Waals surface area contributed by atoms with Crippen LogP contribution >= 0.6 is 11.8 Å². The summed E-state index contributed by atoms with van der Waals surface area (Å²) in [4.78, 5) is 33.3. The van der Waals surface area contributed by atoms with E-state index < -0.39 is 10.9 Å². The van der Waals surface area contributed by atoms with E-state index >= 15 is 0 Å². The van der Waals surface area contributed by atoms with Gasteiger partial charge in [0.05, 0.1) is 10.8 Å². The number of carbonyl (C=O) groups is 2. The molecule has 0 N–H and O–H groups in total. The van der Waals surface area contributed by atoms with Gasteiger partial charge in [-0.15, -0.1) is 0 Å². The van der Waals surface area contributed by atoms with Gasteiger partial charge in [0.25, 0.3) is 5.69 Å². The molecule has 1 atom stereocenters. The minimum Gasteiger partial charge on any atom is -0.426 e. The van der Waals surface area contributed by atoms with Crippen molar-refractivity contribution in [3.05, 3.63) is 34.4 Å². The van der Waals surface area contributed by atoms with Gasteiger partial charge in [-0.25, -0.2) is 0 Å². The standard InChI is InChI=1S/C15H19NO5S/c1-10(2)8-12(9-22-11(3)17)15(18)21-14-6-4-13(5-7-14)16(19)20/h4-7,10,12H,8-9H2,1-3H3. The van der Waals surface area contributed by atoms with Crippen LogP contribution in [0.4, 0.5) is 5.69 Å². The molecule has 0 bridgehead atoms. The highest BCUT2D eigenvalue weighted by Crippen LogP contribution is 2.22. The first-order valence-electron chi connectivity index (χ1n) is 6.89. The fourth-order valence-corrected chi connectivity index (χ4v) is 2.56. The molecule has 120 valence electrons. The van der Waals surface area contributed by atoms with E-state index in [2.05, 4.69) is 0 Å². The highest BCUT2D eigenvalue weighted by atomic mass is 32.2. The highest BCUT2D eigenvalue weighted by molar-refractivity contribution is 8.13. The van der Waals surface area contributed by atoms with Crippen LogP contribution in [0.2, 0.25) is 0 Å². The van der Waals surface area contributed by atoms with Crippen LogP contribution in [-0.4, -0.2) is 21.8 Å². The van der Waals surface area contributed by atoms with Gasteiger partial charge in [0.1, 0.15) is 5.75 Å². The number of hydrogen-bond acceptors (Lipinski definition) is 6. The van der Waals surface area contributed by atoms with Crippen LogP contribution in [0.25, 0.3) is 0 Å². The molecule has 0 radical (unpaired) electrons. The van der Waals surface area contributed by atoms with Gasteiger partial charge in [0.15, 0.2) is 5.12 Å². The second kappa shape index (κ2) is 8.53. The Morgan fingerprint density at radius 2 is 1.86 bits per heavy atom. The van der Waals surface area contributed by atoms with Crippen LogP contribution in [0.5, 0.6) is 5.75 Å². The Morgan fingerprint density at radius 1 is 1.27 bits per heavy atom. The Kier molecular flexibility index (Phi) is 7.04. The minimum absolute atomic E-state index is 0.0445. The lowest BCUT2D eigenvalue weighted by atomic mass is 9.99. The van der Waals surface area contributed by atoms with Gasteiger partial charge < -0.3 is 4.74 Å². The van der Waals surface area contributed by atoms with Crippen LogP contribution in [-0.2, 0) is 9.59 Å². The molecule has 1 aromatic rings. The molecule has 0 saturated carbocycles. The van der Waals surface area contributed by atoms with Crippen molar-refractivity contribution in [3.63, 3.8) is 0 Å². The molecule has 0 heterocycles. The maximum Gasteiger partial charge on any atom is 0.315 e. The summed E-state index contributed by atoms with van der Waals surface area (Å²) in [5, 5.41) is 10.5. The number of thioether (sulfide) groups is 1. The Bertz CT molecular complexity index is 541. The summed E-state index contributed by atoms with van der Waals surface area (Å²) < 4.78 is 5.26. The third-order valence-electron chi connectivity index (χ3n) is 2.84. The van der Waals surface area contributed by atoms with Crippen molar-refractivity contribution < 1.29 is 19.2 Å². The molecule has 6 nitrogen and oxygen atoms in total. The molecule has 0 aromatic heterocycles. The summed E-state index contributed by atoms with van der Waals surface area (Å²) in [6.07, 6.45) is 0.617. The maximum absolute atomic E-state index is 12.2. The van der Waals surface area contributed by atoms with Gasteiger partial charge in [0.2, 0.25) is 0 Å². The summed E-state index contributed by atoms with van der Waals surface area (Å²) in [7, 11) is 0. The molecule has 0 spiro atoms. The number of rotatable bonds is 7. The van der Waals surface area contributed by atoms with Gasteiger partial charge in [-0.1, -0.05) is 25.6 Å². The summed E-state index contributed by atoms with van der Waals surface area (Å²) >= 11 is 1.10. The first kappa shape index (κ1) is 18.2. The molecule has 1 rings (SSSR count). The quantitative estimate of drug-likeness (QED) is 0.330. The number of nitro groups is 1. The van der Waals surface area contributed by atoms with Crippen molar-refractivity contribution in [1.29, 1.82) is 0 Å². The fraction of sp³-hybridized carbons (Fsp3) is 0.467. The molecule has 0 aliphatic carbocycles. The molecule has 7 heteroatoms. The summed E-state index contributed by atoms with van der Waals surface area (Å²) in [6, 6.07) is 5.34. The molecule has 22 heavy (non-hydrogen) atoms. The van der Waals surface area contributed by atoms with E-state index in [1.165, 1.54) is 31.2 Å². The Balaban J connectivity index is 2.72. The van der Waals surface area contributed by atoms with Crippen LogP contribution < -0.4 is 4.74 Å². The smallest absolute Gasteiger partial charge is 0.315 e. The number of hydrogen-bond donors (Lipinski definition) is 0. The van der Waals surface area contributed by atoms with Gasteiger partial charge in [-0.3, -0.25) is 19.7 Å². The Hall–Kier alpha value is -1.89. The Labute approximate surface area is 133 Å². The first-order valence-corrected chi connectivity index (χ1v) is 7.87. The van der Waals surface area contributed by atoms with E-state index in [4.69, 9.17) is 4.74 Å². The van der Waals surface area contributed by atoms with E-state index in [9.17, 15) is 19.7 Å². The lowest BCUT2D eigenvalue weighted by Gasteiger charge is -2.16. The molecule has 0 fully saturated rings. The SMILES string of the molecule is CC(=O)SCC(CC(C)C)C(=O)Oc1ccc([N+](=O)[O-])cc1. The van der Waals surface area contributed by atoms with Crippen molar-refractivity contribution >= 4 is 28.5 Å². The molecular weight excluding hydrogens is 306 g/mol. The molecule has 0 saturated heterocycles. The second-order valence-corrected chi connectivity index (χ2v) is 6.50. The van der Waals surface area contributed by atoms with Crippen LogP contribution in [0, 0.1) is 22.0 Å². The van der Waals surface area contributed by atoms with E-state index in [1.807, 2.05) is 13.8 Å². The van der Waals surface area contributed by atoms with E-state index in [0.29, 0.717) is 18.1 Å². The van der Waals surface area contributed by atoms with Crippen molar-refractivity contribution in [2.75, 3.05) is 5.75 Å². The number of nitro benzene ring substituents is 1. The normalized spacial score (nSPS) is 12.0. The summed E-state index contributed by atoms with van der Waals surface area (Å²) in [5.74, 6) is 0.124. The van der Waals surface area contributed by atoms with E-state index in [0.717, 1.165) is 11.8 Å². The zero-order chi connectivity index (χ0) is 16.7. The Morgan fingerprint density at radius 3 is 2.32 bits per heavy atom. The number of benzene rings is 1. The lowest BCUT2D eigenvalue weighted by Crippen LogP contribution is -2.24. The van der Waals surface area contributed by atoms with Crippen molar-refractivity contribution in [2.24, 2.45) is 11.8 Å². The van der Waals surface area contributed by atoms with Gasteiger partial charge in [-0.2, -0.15) is 0 Å². The zero-order valence-electron chi connectivity index (χ0n) is 12.8. The highest BCUT2D eigenvalue weighted by Gasteiger charge is 2.23. The molecular formula is C15H19NO5S. The first-order chi connectivity index (χ1) is 10.3. The monoisotopic (exact) mass is 325 g/mol. The summed E-state index contributed by atoms with van der Waals surface area (Å²) in [6.45, 7) is 5.44. The number of carbonyl (C=O) groups excluding carboxylic acids is 2. The van der Waals surface area contributed by atoms with Crippen LogP contribution in [0.3, 0.4) is 0 Å². The second-order valence-electron chi connectivity index (χ2n) is 5.30. The van der Waals surface area contributed by atoms with Crippen molar-refractivity contribution in [1.82, 2.24) is 0 Å². The van der Waals surface area contributed by atoms with E-state index in [1.54, 1.807) is 0 Å². The van der Waals surface area contributed by atoms with Crippen molar-refractivity contribution in [2.45, 2.75) is 27.2 Å². The minimum atomic E-state index is -0.517. The van der Waals surface area contributed by atoms with Gasteiger partial charge in [-0.05, 0) is 24.5 Å². The molecule has 0 aliphatic rings. The molecule has 1 unspecified atom stereocenters. The maximum atomic E-state index is 12.2. The zero-order valence-corrected chi connectivity index (χ0v) is 13.6. The lowest BCUT2D eigenvalue weighted by molar-refractivity contribution is -0.384. The summed E-state index contributed by atoms with van der Waals surface area (Å²) in [5.41, 5.74) is -0.0642. The number of esters is 1. The van der Waals surface area contributed by atoms with E-state index in [-0.39, 0.29) is 22.5 Å². The third kappa shape index (κ3) is 6.26. The van der Waals surface area contributed by atoms with Crippen molar-refractivity contribution in [3.8, 4) is 5.75 Å². The number of ether oxygens (including phenoxy) is 1. The largest absolute Gasteiger partial charge is 0.426 e. The van der Waals surface area contributed by atoms with Crippen LogP contribution in [0.1, 0.15) is 27.2 Å². The predicted molar refractivity (Wildman–Crippen MR) is 84.8 cm³/mol. The predicted octanol–water partition coefficient (Wildman–Crippen LogP) is 3.44. The van der Waals surface area contributed by atoms with Crippen LogP contribution in [0.15, 0.2) is 24.3 Å². The number of nitrogens with zero attached hydrogens (tertiary/aromatic N) is 1. The molecule has 0 aliphatic heterocycles. The molecule has 0 amide bonds. The fourth-order valence-electron chi connectivity index (χ4n) is 1.85. The van der Waals surface area contributed by atoms with Gasteiger partial charge >= 0.3 is 5.97 Å². The topological polar surface area (TPSA) is 86.5 Å². The average molecular weight is 325 g/mol. The third-order valence-corrected chi connectivity index (χ3v) is 3.82. The number of non-ortho nitro benzene ring substituents is 1. The van der Waals surface area contributed by atoms with Gasteiger partial charge in [0, 0.05) is 24.8 Å².